The first-order valence-electron chi connectivity index (χ1n) is 6.22. The van der Waals surface area contributed by atoms with Crippen molar-refractivity contribution in [3.63, 3.8) is 0 Å². The predicted molar refractivity (Wildman–Crippen MR) is 83.3 cm³/mol. The minimum Gasteiger partial charge on any atom is -0.389 e. The maximum absolute atomic E-state index is 13.6. The summed E-state index contributed by atoms with van der Waals surface area (Å²) in [5.74, 6) is 0.539. The van der Waals surface area contributed by atoms with Crippen molar-refractivity contribution in [1.29, 1.82) is 0 Å². The van der Waals surface area contributed by atoms with Crippen LogP contribution in [0.25, 0.3) is 0 Å². The number of rotatable bonds is 4. The molecule has 0 radical (unpaired) electrons. The summed E-state index contributed by atoms with van der Waals surface area (Å²) in [4.78, 5) is 4.54. The Morgan fingerprint density at radius 1 is 1.30 bits per heavy atom. The highest BCUT2D eigenvalue weighted by Crippen LogP contribution is 2.16. The second-order valence-electron chi connectivity index (χ2n) is 4.69. The van der Waals surface area contributed by atoms with Gasteiger partial charge < -0.3 is 11.1 Å². The lowest BCUT2D eigenvalue weighted by molar-refractivity contribution is 0.608. The normalized spacial score (nSPS) is 10.3. The standard InChI is InChI=1S/C15H16FN3S/c1-9-5-11(6-10(2)14(9)16)8-19-13-7-12(15(17)20)3-4-18-13/h3-7H,8H2,1-2H3,(H2,17,20)(H,18,19). The van der Waals surface area contributed by atoms with Crippen LogP contribution in [0.3, 0.4) is 0 Å². The lowest BCUT2D eigenvalue weighted by Crippen LogP contribution is -2.10. The summed E-state index contributed by atoms with van der Waals surface area (Å²) in [6.45, 7) is 4.09. The van der Waals surface area contributed by atoms with Gasteiger partial charge in [0.2, 0.25) is 0 Å². The number of aromatic nitrogens is 1. The fourth-order valence-electron chi connectivity index (χ4n) is 2.01. The van der Waals surface area contributed by atoms with E-state index < -0.39 is 0 Å². The van der Waals surface area contributed by atoms with Crippen molar-refractivity contribution in [1.82, 2.24) is 4.98 Å². The minimum absolute atomic E-state index is 0.151. The van der Waals surface area contributed by atoms with Gasteiger partial charge >= 0.3 is 0 Å². The van der Waals surface area contributed by atoms with Crippen molar-refractivity contribution in [2.24, 2.45) is 5.73 Å². The van der Waals surface area contributed by atoms with Gasteiger partial charge in [-0.05, 0) is 42.7 Å². The second kappa shape index (κ2) is 5.96. The Morgan fingerprint density at radius 3 is 2.55 bits per heavy atom. The minimum atomic E-state index is -0.151. The Balaban J connectivity index is 2.13. The molecule has 0 bridgehead atoms. The summed E-state index contributed by atoms with van der Waals surface area (Å²) in [7, 11) is 0. The molecular formula is C15H16FN3S. The maximum Gasteiger partial charge on any atom is 0.129 e. The molecule has 1 heterocycles. The quantitative estimate of drug-likeness (QED) is 0.849. The number of benzene rings is 1. The fourth-order valence-corrected chi connectivity index (χ4v) is 2.14. The Hall–Kier alpha value is -2.01. The lowest BCUT2D eigenvalue weighted by Gasteiger charge is -2.09. The van der Waals surface area contributed by atoms with E-state index in [1.165, 1.54) is 0 Å². The number of thiocarbonyl (C=S) groups is 1. The summed E-state index contributed by atoms with van der Waals surface area (Å²) in [5.41, 5.74) is 8.64. The smallest absolute Gasteiger partial charge is 0.129 e. The van der Waals surface area contributed by atoms with Crippen LogP contribution in [0.4, 0.5) is 10.2 Å². The molecule has 2 aromatic rings. The first kappa shape index (κ1) is 14.4. The molecule has 1 aromatic carbocycles. The number of pyridine rings is 1. The van der Waals surface area contributed by atoms with E-state index in [9.17, 15) is 4.39 Å². The van der Waals surface area contributed by atoms with Crippen molar-refractivity contribution in [3.8, 4) is 0 Å². The predicted octanol–water partition coefficient (Wildman–Crippen LogP) is 3.08. The first-order valence-corrected chi connectivity index (χ1v) is 6.63. The van der Waals surface area contributed by atoms with E-state index in [1.807, 2.05) is 12.1 Å². The Kier molecular flexibility index (Phi) is 4.29. The van der Waals surface area contributed by atoms with Crippen LogP contribution < -0.4 is 11.1 Å². The average molecular weight is 289 g/mol. The zero-order valence-electron chi connectivity index (χ0n) is 11.4. The molecule has 0 amide bonds. The highest BCUT2D eigenvalue weighted by molar-refractivity contribution is 7.80. The number of hydrogen-bond acceptors (Lipinski definition) is 3. The summed E-state index contributed by atoms with van der Waals surface area (Å²) in [6.07, 6.45) is 1.65. The molecule has 0 fully saturated rings. The zero-order valence-corrected chi connectivity index (χ0v) is 12.2. The highest BCUT2D eigenvalue weighted by atomic mass is 32.1. The second-order valence-corrected chi connectivity index (χ2v) is 5.13. The van der Waals surface area contributed by atoms with Crippen molar-refractivity contribution in [2.75, 3.05) is 5.32 Å². The third kappa shape index (κ3) is 3.30. The number of nitrogens with one attached hydrogen (secondary N) is 1. The Morgan fingerprint density at radius 2 is 1.95 bits per heavy atom. The van der Waals surface area contributed by atoms with E-state index in [2.05, 4.69) is 10.3 Å². The zero-order chi connectivity index (χ0) is 14.7. The number of halogens is 1. The van der Waals surface area contributed by atoms with Crippen LogP contribution in [0.5, 0.6) is 0 Å². The average Bonchev–Trinajstić information content (AvgIpc) is 2.42. The van der Waals surface area contributed by atoms with Gasteiger partial charge in [-0.2, -0.15) is 0 Å². The summed E-state index contributed by atoms with van der Waals surface area (Å²) < 4.78 is 13.6. The van der Waals surface area contributed by atoms with Gasteiger partial charge in [-0.25, -0.2) is 9.37 Å². The van der Waals surface area contributed by atoms with Crippen LogP contribution in [0.1, 0.15) is 22.3 Å². The topological polar surface area (TPSA) is 50.9 Å². The van der Waals surface area contributed by atoms with Gasteiger partial charge in [0, 0.05) is 18.3 Å². The van der Waals surface area contributed by atoms with Crippen molar-refractivity contribution in [2.45, 2.75) is 20.4 Å². The maximum atomic E-state index is 13.6. The molecule has 104 valence electrons. The molecule has 20 heavy (non-hydrogen) atoms. The van der Waals surface area contributed by atoms with Crippen LogP contribution in [0.2, 0.25) is 0 Å². The van der Waals surface area contributed by atoms with Crippen LogP contribution in [0, 0.1) is 19.7 Å². The van der Waals surface area contributed by atoms with Crippen molar-refractivity contribution < 1.29 is 4.39 Å². The number of nitrogens with zero attached hydrogens (tertiary/aromatic N) is 1. The van der Waals surface area contributed by atoms with E-state index in [-0.39, 0.29) is 5.82 Å². The van der Waals surface area contributed by atoms with Gasteiger partial charge in [0.15, 0.2) is 0 Å². The van der Waals surface area contributed by atoms with Gasteiger partial charge in [0.25, 0.3) is 0 Å². The number of aryl methyl sites for hydroxylation is 2. The van der Waals surface area contributed by atoms with Crippen LogP contribution >= 0.6 is 12.2 Å². The van der Waals surface area contributed by atoms with Gasteiger partial charge in [-0.3, -0.25) is 0 Å². The summed E-state index contributed by atoms with van der Waals surface area (Å²) in [5, 5.41) is 3.18. The van der Waals surface area contributed by atoms with Crippen LogP contribution in [-0.2, 0) is 6.54 Å². The molecule has 0 atom stereocenters. The van der Waals surface area contributed by atoms with E-state index in [0.29, 0.717) is 28.5 Å². The third-order valence-electron chi connectivity index (χ3n) is 3.01. The molecule has 0 aliphatic heterocycles. The Labute approximate surface area is 123 Å². The first-order chi connectivity index (χ1) is 9.47. The lowest BCUT2D eigenvalue weighted by atomic mass is 10.1. The molecule has 0 unspecified atom stereocenters. The number of anilines is 1. The van der Waals surface area contributed by atoms with Crippen molar-refractivity contribution >= 4 is 23.0 Å². The molecule has 0 aliphatic rings. The molecule has 2 rings (SSSR count). The monoisotopic (exact) mass is 289 g/mol. The fraction of sp³-hybridized carbons (Fsp3) is 0.200. The largest absolute Gasteiger partial charge is 0.389 e. The molecule has 5 heteroatoms. The SMILES string of the molecule is Cc1cc(CNc2cc(C(N)=S)ccn2)cc(C)c1F. The summed E-state index contributed by atoms with van der Waals surface area (Å²) in [6, 6.07) is 7.21. The molecule has 0 saturated carbocycles. The molecule has 0 saturated heterocycles. The van der Waals surface area contributed by atoms with E-state index >= 15 is 0 Å². The van der Waals surface area contributed by atoms with Gasteiger partial charge in [0.1, 0.15) is 16.6 Å². The third-order valence-corrected chi connectivity index (χ3v) is 3.25. The van der Waals surface area contributed by atoms with E-state index in [1.54, 1.807) is 32.2 Å². The molecule has 0 aliphatic carbocycles. The Bertz CT molecular complexity index is 632. The van der Waals surface area contributed by atoms with Gasteiger partial charge in [-0.1, -0.05) is 24.4 Å². The van der Waals surface area contributed by atoms with Gasteiger partial charge in [-0.15, -0.1) is 0 Å². The van der Waals surface area contributed by atoms with Gasteiger partial charge in [0.05, 0.1) is 0 Å². The number of hydrogen-bond donors (Lipinski definition) is 2. The number of nitrogens with two attached hydrogens (primary N) is 1. The summed E-state index contributed by atoms with van der Waals surface area (Å²) >= 11 is 4.93. The molecule has 1 aromatic heterocycles. The molecule has 3 nitrogen and oxygen atoms in total. The molecular weight excluding hydrogens is 273 g/mol. The highest BCUT2D eigenvalue weighted by Gasteiger charge is 2.05. The van der Waals surface area contributed by atoms with E-state index in [4.69, 9.17) is 18.0 Å². The van der Waals surface area contributed by atoms with Crippen molar-refractivity contribution in [3.05, 3.63) is 58.5 Å². The van der Waals surface area contributed by atoms with Crippen LogP contribution in [0.15, 0.2) is 30.5 Å². The van der Waals surface area contributed by atoms with E-state index in [0.717, 1.165) is 11.1 Å². The molecule has 3 N–H and O–H groups in total. The molecule has 0 spiro atoms. The van der Waals surface area contributed by atoms with Crippen LogP contribution in [-0.4, -0.2) is 9.97 Å².